The minimum atomic E-state index is -0.230. The highest BCUT2D eigenvalue weighted by Crippen LogP contribution is 2.26. The van der Waals surface area contributed by atoms with E-state index in [1.165, 1.54) is 18.2 Å². The Balaban J connectivity index is 1.62. The topological polar surface area (TPSA) is 40.6 Å². The van der Waals surface area contributed by atoms with Crippen molar-refractivity contribution in [2.24, 2.45) is 5.92 Å². The number of rotatable bonds is 4. The van der Waals surface area contributed by atoms with Gasteiger partial charge in [-0.1, -0.05) is 18.7 Å². The molecule has 2 aliphatic rings. The molecule has 1 aromatic rings. The SMILES string of the molecule is C=CC(=O)N1CCC(C(=O)N2CCCCC2Cc2ccc(F)cc2)CC1. The minimum Gasteiger partial charge on any atom is -0.339 e. The van der Waals surface area contributed by atoms with Gasteiger partial charge in [-0.3, -0.25) is 9.59 Å². The first-order chi connectivity index (χ1) is 12.6. The summed E-state index contributed by atoms with van der Waals surface area (Å²) in [6, 6.07) is 6.78. The molecular weight excluding hydrogens is 331 g/mol. The van der Waals surface area contributed by atoms with Gasteiger partial charge in [-0.15, -0.1) is 0 Å². The summed E-state index contributed by atoms with van der Waals surface area (Å²) in [5.74, 6) is -0.0607. The number of carbonyl (C=O) groups excluding carboxylic acids is 2. The molecule has 5 heteroatoms. The molecule has 2 aliphatic heterocycles. The second-order valence-corrected chi connectivity index (χ2v) is 7.32. The summed E-state index contributed by atoms with van der Waals surface area (Å²) in [6.45, 7) is 5.58. The predicted molar refractivity (Wildman–Crippen MR) is 99.0 cm³/mol. The second kappa shape index (κ2) is 8.47. The number of benzene rings is 1. The average Bonchev–Trinajstić information content (AvgIpc) is 2.69. The summed E-state index contributed by atoms with van der Waals surface area (Å²) in [7, 11) is 0. The molecule has 3 rings (SSSR count). The Morgan fingerprint density at radius 3 is 2.42 bits per heavy atom. The van der Waals surface area contributed by atoms with Crippen molar-refractivity contribution >= 4 is 11.8 Å². The van der Waals surface area contributed by atoms with Crippen molar-refractivity contribution in [1.82, 2.24) is 9.80 Å². The lowest BCUT2D eigenvalue weighted by Gasteiger charge is -2.40. The molecular formula is C21H27FN2O2. The Labute approximate surface area is 154 Å². The fraction of sp³-hybridized carbons (Fsp3) is 0.524. The van der Waals surface area contributed by atoms with E-state index in [2.05, 4.69) is 6.58 Å². The highest BCUT2D eigenvalue weighted by atomic mass is 19.1. The third kappa shape index (κ3) is 4.32. The summed E-state index contributed by atoms with van der Waals surface area (Å²) >= 11 is 0. The van der Waals surface area contributed by atoms with Crippen molar-refractivity contribution in [3.8, 4) is 0 Å². The number of hydrogen-bond acceptors (Lipinski definition) is 2. The van der Waals surface area contributed by atoms with E-state index in [-0.39, 0.29) is 29.6 Å². The quantitative estimate of drug-likeness (QED) is 0.776. The van der Waals surface area contributed by atoms with Crippen LogP contribution in [0.2, 0.25) is 0 Å². The van der Waals surface area contributed by atoms with Crippen LogP contribution in [0, 0.1) is 11.7 Å². The van der Waals surface area contributed by atoms with Crippen LogP contribution in [0.25, 0.3) is 0 Å². The number of carbonyl (C=O) groups is 2. The molecule has 1 atom stereocenters. The van der Waals surface area contributed by atoms with Gasteiger partial charge in [0.25, 0.3) is 0 Å². The Bertz CT molecular complexity index is 650. The van der Waals surface area contributed by atoms with Crippen LogP contribution >= 0.6 is 0 Å². The predicted octanol–water partition coefficient (Wildman–Crippen LogP) is 3.17. The molecule has 1 unspecified atom stereocenters. The molecule has 0 spiro atoms. The minimum absolute atomic E-state index is 0.00215. The first kappa shape index (κ1) is 18.6. The smallest absolute Gasteiger partial charge is 0.245 e. The molecule has 2 heterocycles. The molecule has 140 valence electrons. The van der Waals surface area contributed by atoms with E-state index < -0.39 is 0 Å². The molecule has 0 aromatic heterocycles. The van der Waals surface area contributed by atoms with Gasteiger partial charge in [0.2, 0.25) is 11.8 Å². The summed E-state index contributed by atoms with van der Waals surface area (Å²) in [5.41, 5.74) is 1.07. The summed E-state index contributed by atoms with van der Waals surface area (Å²) in [4.78, 5) is 28.6. The van der Waals surface area contributed by atoms with Crippen LogP contribution in [0.4, 0.5) is 4.39 Å². The van der Waals surface area contributed by atoms with E-state index in [0.29, 0.717) is 13.1 Å². The number of amides is 2. The number of likely N-dealkylation sites (tertiary alicyclic amines) is 2. The lowest BCUT2D eigenvalue weighted by molar-refractivity contribution is -0.142. The standard InChI is InChI=1S/C21H27FN2O2/c1-2-20(25)23-13-10-17(11-14-23)21(26)24-12-4-3-5-19(24)15-16-6-8-18(22)9-7-16/h2,6-9,17,19H,1,3-5,10-15H2. The van der Waals surface area contributed by atoms with Crippen LogP contribution in [0.5, 0.6) is 0 Å². The van der Waals surface area contributed by atoms with Crippen molar-refractivity contribution in [3.05, 3.63) is 48.3 Å². The largest absolute Gasteiger partial charge is 0.339 e. The van der Waals surface area contributed by atoms with E-state index in [4.69, 9.17) is 0 Å². The molecule has 0 aliphatic carbocycles. The zero-order valence-electron chi connectivity index (χ0n) is 15.2. The Morgan fingerprint density at radius 1 is 1.08 bits per heavy atom. The normalized spacial score (nSPS) is 21.5. The van der Waals surface area contributed by atoms with Gasteiger partial charge in [0.1, 0.15) is 5.82 Å². The van der Waals surface area contributed by atoms with Crippen LogP contribution < -0.4 is 0 Å². The lowest BCUT2D eigenvalue weighted by Crippen LogP contribution is -2.50. The zero-order valence-corrected chi connectivity index (χ0v) is 15.2. The lowest BCUT2D eigenvalue weighted by atomic mass is 9.90. The fourth-order valence-electron chi connectivity index (χ4n) is 4.11. The van der Waals surface area contributed by atoms with Gasteiger partial charge in [-0.25, -0.2) is 4.39 Å². The van der Waals surface area contributed by atoms with Crippen molar-refractivity contribution in [3.63, 3.8) is 0 Å². The molecule has 2 saturated heterocycles. The van der Waals surface area contributed by atoms with Gasteiger partial charge in [0.15, 0.2) is 0 Å². The third-order valence-corrected chi connectivity index (χ3v) is 5.63. The van der Waals surface area contributed by atoms with E-state index in [9.17, 15) is 14.0 Å². The monoisotopic (exact) mass is 358 g/mol. The fourth-order valence-corrected chi connectivity index (χ4v) is 4.11. The van der Waals surface area contributed by atoms with Crippen molar-refractivity contribution < 1.29 is 14.0 Å². The van der Waals surface area contributed by atoms with Gasteiger partial charge >= 0.3 is 0 Å². The van der Waals surface area contributed by atoms with Crippen LogP contribution in [-0.2, 0) is 16.0 Å². The first-order valence-corrected chi connectivity index (χ1v) is 9.54. The molecule has 2 amide bonds. The Kier molecular flexibility index (Phi) is 6.07. The van der Waals surface area contributed by atoms with E-state index in [1.807, 2.05) is 17.0 Å². The van der Waals surface area contributed by atoms with E-state index >= 15 is 0 Å². The van der Waals surface area contributed by atoms with Crippen LogP contribution in [0.15, 0.2) is 36.9 Å². The van der Waals surface area contributed by atoms with Gasteiger partial charge in [0, 0.05) is 31.6 Å². The van der Waals surface area contributed by atoms with E-state index in [1.54, 1.807) is 4.90 Å². The van der Waals surface area contributed by atoms with Crippen LogP contribution in [-0.4, -0.2) is 47.3 Å². The number of piperidine rings is 2. The number of nitrogens with zero attached hydrogens (tertiary/aromatic N) is 2. The summed E-state index contributed by atoms with van der Waals surface area (Å²) in [6.07, 6.45) is 6.72. The molecule has 1 aromatic carbocycles. The summed E-state index contributed by atoms with van der Waals surface area (Å²) in [5, 5.41) is 0. The van der Waals surface area contributed by atoms with Gasteiger partial charge in [0.05, 0.1) is 0 Å². The zero-order chi connectivity index (χ0) is 18.5. The maximum atomic E-state index is 13.1. The molecule has 26 heavy (non-hydrogen) atoms. The molecule has 0 bridgehead atoms. The van der Waals surface area contributed by atoms with Crippen LogP contribution in [0.3, 0.4) is 0 Å². The molecule has 2 fully saturated rings. The second-order valence-electron chi connectivity index (χ2n) is 7.32. The van der Waals surface area contributed by atoms with Crippen molar-refractivity contribution in [1.29, 1.82) is 0 Å². The summed E-state index contributed by atoms with van der Waals surface area (Å²) < 4.78 is 13.1. The molecule has 0 saturated carbocycles. The molecule has 4 nitrogen and oxygen atoms in total. The Morgan fingerprint density at radius 2 is 1.77 bits per heavy atom. The van der Waals surface area contributed by atoms with Gasteiger partial charge in [-0.2, -0.15) is 0 Å². The molecule has 0 N–H and O–H groups in total. The maximum absolute atomic E-state index is 13.1. The number of hydrogen-bond donors (Lipinski definition) is 0. The van der Waals surface area contributed by atoms with Crippen molar-refractivity contribution in [2.45, 2.75) is 44.6 Å². The van der Waals surface area contributed by atoms with Crippen molar-refractivity contribution in [2.75, 3.05) is 19.6 Å². The van der Waals surface area contributed by atoms with Gasteiger partial charge < -0.3 is 9.80 Å². The average molecular weight is 358 g/mol. The first-order valence-electron chi connectivity index (χ1n) is 9.54. The maximum Gasteiger partial charge on any atom is 0.245 e. The van der Waals surface area contributed by atoms with E-state index in [0.717, 1.165) is 50.6 Å². The highest BCUT2D eigenvalue weighted by molar-refractivity contribution is 5.87. The van der Waals surface area contributed by atoms with Crippen LogP contribution in [0.1, 0.15) is 37.7 Å². The Hall–Kier alpha value is -2.17. The third-order valence-electron chi connectivity index (χ3n) is 5.63. The highest BCUT2D eigenvalue weighted by Gasteiger charge is 2.34. The number of halogens is 1. The van der Waals surface area contributed by atoms with Gasteiger partial charge in [-0.05, 0) is 62.3 Å². The molecule has 0 radical (unpaired) electrons.